The van der Waals surface area contributed by atoms with Crippen LogP contribution >= 0.6 is 27.5 Å². The molecule has 0 radical (unpaired) electrons. The lowest BCUT2D eigenvalue weighted by atomic mass is 9.94. The van der Waals surface area contributed by atoms with Crippen LogP contribution in [0, 0.1) is 5.92 Å². The van der Waals surface area contributed by atoms with E-state index < -0.39 is 0 Å². The number of nitrogens with zero attached hydrogens (tertiary/aromatic N) is 2. The van der Waals surface area contributed by atoms with E-state index in [-0.39, 0.29) is 0 Å². The van der Waals surface area contributed by atoms with Crippen molar-refractivity contribution >= 4 is 33.0 Å². The van der Waals surface area contributed by atoms with E-state index >= 15 is 0 Å². The van der Waals surface area contributed by atoms with Crippen LogP contribution in [0.4, 0.5) is 0 Å². The number of nitrogens with one attached hydrogen (secondary N) is 1. The average molecular weight is 329 g/mol. The smallest absolute Gasteiger partial charge is 0.156 e. The molecular formula is C13H15BrClN3. The van der Waals surface area contributed by atoms with Crippen LogP contribution in [0.25, 0.3) is 5.52 Å². The molecule has 3 rings (SSSR count). The second kappa shape index (κ2) is 5.19. The van der Waals surface area contributed by atoms with Gasteiger partial charge in [-0.25, -0.2) is 4.98 Å². The fourth-order valence-corrected chi connectivity index (χ4v) is 3.54. The molecule has 96 valence electrons. The number of piperidine rings is 1. The minimum atomic E-state index is 0.589. The number of halogens is 2. The molecule has 1 fully saturated rings. The Morgan fingerprint density at radius 3 is 3.00 bits per heavy atom. The second-order valence-corrected chi connectivity index (χ2v) is 6.00. The molecule has 3 heterocycles. The van der Waals surface area contributed by atoms with E-state index in [0.717, 1.165) is 35.3 Å². The number of hydrogen-bond acceptors (Lipinski definition) is 2. The number of fused-ring (bicyclic) bond motifs is 1. The number of pyridine rings is 1. The normalized spacial score (nSPS) is 17.4. The molecule has 5 heteroatoms. The molecule has 2 aromatic rings. The van der Waals surface area contributed by atoms with Crippen molar-refractivity contribution in [1.82, 2.24) is 14.7 Å². The van der Waals surface area contributed by atoms with Crippen LogP contribution in [0.1, 0.15) is 18.7 Å². The van der Waals surface area contributed by atoms with Gasteiger partial charge in [0.2, 0.25) is 0 Å². The standard InChI is InChI=1S/C13H15BrClN3/c14-10-2-1-7-18-11(17-13(15)12(10)18)8-9-3-5-16-6-4-9/h1-2,7,9,16H,3-6,8H2. The van der Waals surface area contributed by atoms with Crippen LogP contribution in [0.15, 0.2) is 22.8 Å². The summed E-state index contributed by atoms with van der Waals surface area (Å²) in [4.78, 5) is 4.52. The third-order valence-electron chi connectivity index (χ3n) is 3.58. The molecule has 0 unspecified atom stereocenters. The summed E-state index contributed by atoms with van der Waals surface area (Å²) in [6.45, 7) is 2.23. The predicted octanol–water partition coefficient (Wildman–Crippen LogP) is 3.29. The highest BCUT2D eigenvalue weighted by molar-refractivity contribution is 9.10. The van der Waals surface area contributed by atoms with E-state index in [2.05, 4.69) is 30.6 Å². The summed E-state index contributed by atoms with van der Waals surface area (Å²) in [5, 5.41) is 3.98. The van der Waals surface area contributed by atoms with Crippen molar-refractivity contribution in [3.05, 3.63) is 33.8 Å². The molecule has 0 spiro atoms. The molecule has 1 aliphatic rings. The Kier molecular flexibility index (Phi) is 3.59. The Balaban J connectivity index is 1.94. The third-order valence-corrected chi connectivity index (χ3v) is 4.48. The van der Waals surface area contributed by atoms with Gasteiger partial charge in [0.15, 0.2) is 5.15 Å². The maximum atomic E-state index is 6.23. The number of rotatable bonds is 2. The Labute approximate surface area is 120 Å². The van der Waals surface area contributed by atoms with E-state index in [4.69, 9.17) is 11.6 Å². The zero-order valence-corrected chi connectivity index (χ0v) is 12.3. The van der Waals surface area contributed by atoms with Gasteiger partial charge in [-0.05, 0) is 59.9 Å². The van der Waals surface area contributed by atoms with Crippen LogP contribution in [-0.4, -0.2) is 22.5 Å². The Hall–Kier alpha value is -0.580. The summed E-state index contributed by atoms with van der Waals surface area (Å²) in [6, 6.07) is 4.01. The van der Waals surface area contributed by atoms with E-state index in [1.54, 1.807) is 0 Å². The molecule has 0 aromatic carbocycles. The lowest BCUT2D eigenvalue weighted by Gasteiger charge is -2.21. The van der Waals surface area contributed by atoms with Crippen molar-refractivity contribution in [2.24, 2.45) is 5.92 Å². The van der Waals surface area contributed by atoms with Gasteiger partial charge in [0.1, 0.15) is 5.82 Å². The van der Waals surface area contributed by atoms with Crippen molar-refractivity contribution in [2.45, 2.75) is 19.3 Å². The first-order chi connectivity index (χ1) is 8.75. The predicted molar refractivity (Wildman–Crippen MR) is 77.2 cm³/mol. The topological polar surface area (TPSA) is 29.3 Å². The highest BCUT2D eigenvalue weighted by Crippen LogP contribution is 2.28. The van der Waals surface area contributed by atoms with Crippen molar-refractivity contribution in [2.75, 3.05) is 13.1 Å². The molecule has 1 aliphatic heterocycles. The van der Waals surface area contributed by atoms with Gasteiger partial charge in [0.25, 0.3) is 0 Å². The van der Waals surface area contributed by atoms with E-state index in [1.807, 2.05) is 18.3 Å². The number of hydrogen-bond donors (Lipinski definition) is 1. The Morgan fingerprint density at radius 1 is 1.44 bits per heavy atom. The van der Waals surface area contributed by atoms with Gasteiger partial charge in [-0.3, -0.25) is 0 Å². The van der Waals surface area contributed by atoms with Gasteiger partial charge >= 0.3 is 0 Å². The van der Waals surface area contributed by atoms with Crippen LogP contribution in [0.2, 0.25) is 5.15 Å². The summed E-state index contributed by atoms with van der Waals surface area (Å²) < 4.78 is 3.10. The van der Waals surface area contributed by atoms with Crippen molar-refractivity contribution in [1.29, 1.82) is 0 Å². The first kappa shape index (κ1) is 12.5. The minimum absolute atomic E-state index is 0.589. The van der Waals surface area contributed by atoms with E-state index in [1.165, 1.54) is 12.8 Å². The second-order valence-electron chi connectivity index (χ2n) is 4.79. The quantitative estimate of drug-likeness (QED) is 0.916. The van der Waals surface area contributed by atoms with Crippen molar-refractivity contribution in [3.63, 3.8) is 0 Å². The zero-order chi connectivity index (χ0) is 12.5. The van der Waals surface area contributed by atoms with Crippen LogP contribution in [0.5, 0.6) is 0 Å². The highest BCUT2D eigenvalue weighted by atomic mass is 79.9. The molecule has 0 amide bonds. The molecule has 1 saturated heterocycles. The third kappa shape index (κ3) is 2.29. The van der Waals surface area contributed by atoms with Crippen LogP contribution in [-0.2, 0) is 6.42 Å². The minimum Gasteiger partial charge on any atom is -0.317 e. The van der Waals surface area contributed by atoms with E-state index in [9.17, 15) is 0 Å². The molecule has 0 saturated carbocycles. The number of aromatic nitrogens is 2. The van der Waals surface area contributed by atoms with Gasteiger partial charge < -0.3 is 9.72 Å². The zero-order valence-electron chi connectivity index (χ0n) is 10.00. The molecule has 0 bridgehead atoms. The van der Waals surface area contributed by atoms with Crippen LogP contribution < -0.4 is 5.32 Å². The maximum absolute atomic E-state index is 6.23. The summed E-state index contributed by atoms with van der Waals surface area (Å²) >= 11 is 9.76. The average Bonchev–Trinajstić information content (AvgIpc) is 2.69. The summed E-state index contributed by atoms with van der Waals surface area (Å²) in [7, 11) is 0. The fraction of sp³-hybridized carbons (Fsp3) is 0.462. The molecular weight excluding hydrogens is 314 g/mol. The molecule has 3 nitrogen and oxygen atoms in total. The van der Waals surface area contributed by atoms with Crippen LogP contribution in [0.3, 0.4) is 0 Å². The Bertz CT molecular complexity index is 561. The Morgan fingerprint density at radius 2 is 2.22 bits per heavy atom. The lowest BCUT2D eigenvalue weighted by molar-refractivity contribution is 0.367. The monoisotopic (exact) mass is 327 g/mol. The molecule has 0 atom stereocenters. The highest BCUT2D eigenvalue weighted by Gasteiger charge is 2.18. The molecule has 1 N–H and O–H groups in total. The summed E-state index contributed by atoms with van der Waals surface area (Å²) in [5.41, 5.74) is 0.975. The van der Waals surface area contributed by atoms with Gasteiger partial charge in [-0.2, -0.15) is 0 Å². The van der Waals surface area contributed by atoms with Crippen molar-refractivity contribution in [3.8, 4) is 0 Å². The number of imidazole rings is 1. The first-order valence-corrected chi connectivity index (χ1v) is 7.44. The van der Waals surface area contributed by atoms with Gasteiger partial charge in [-0.1, -0.05) is 11.6 Å². The fourth-order valence-electron chi connectivity index (χ4n) is 2.60. The largest absolute Gasteiger partial charge is 0.317 e. The van der Waals surface area contributed by atoms with Gasteiger partial charge in [0, 0.05) is 17.1 Å². The SMILES string of the molecule is Clc1nc(CC2CCNCC2)n2cccc(Br)c12. The lowest BCUT2D eigenvalue weighted by Crippen LogP contribution is -2.29. The molecule has 2 aromatic heterocycles. The first-order valence-electron chi connectivity index (χ1n) is 6.27. The molecule has 0 aliphatic carbocycles. The van der Waals surface area contributed by atoms with Gasteiger partial charge in [0.05, 0.1) is 5.52 Å². The maximum Gasteiger partial charge on any atom is 0.156 e. The summed E-state index contributed by atoms with van der Waals surface area (Å²) in [5.74, 6) is 1.79. The molecule has 18 heavy (non-hydrogen) atoms. The van der Waals surface area contributed by atoms with Gasteiger partial charge in [-0.15, -0.1) is 0 Å². The summed E-state index contributed by atoms with van der Waals surface area (Å²) in [6.07, 6.45) is 5.49. The van der Waals surface area contributed by atoms with Crippen molar-refractivity contribution < 1.29 is 0 Å². The van der Waals surface area contributed by atoms with E-state index in [0.29, 0.717) is 11.1 Å².